The summed E-state index contributed by atoms with van der Waals surface area (Å²) < 4.78 is 7.98. The summed E-state index contributed by atoms with van der Waals surface area (Å²) in [5, 5.41) is 0. The summed E-state index contributed by atoms with van der Waals surface area (Å²) in [6, 6.07) is 19.1. The summed E-state index contributed by atoms with van der Waals surface area (Å²) in [6.45, 7) is 3.72. The van der Waals surface area contributed by atoms with E-state index in [1.54, 1.807) is 36.5 Å². The fourth-order valence-corrected chi connectivity index (χ4v) is 3.47. The van der Waals surface area contributed by atoms with E-state index in [1.165, 1.54) is 0 Å². The van der Waals surface area contributed by atoms with Crippen molar-refractivity contribution < 1.29 is 9.53 Å². The number of ether oxygens (including phenoxy) is 1. The molecule has 2 heterocycles. The average molecular weight is 400 g/mol. The molecule has 0 aliphatic heterocycles. The Morgan fingerprint density at radius 1 is 1.10 bits per heavy atom. The van der Waals surface area contributed by atoms with E-state index in [0.717, 1.165) is 29.0 Å². The van der Waals surface area contributed by atoms with Gasteiger partial charge in [-0.3, -0.25) is 9.78 Å². The van der Waals surface area contributed by atoms with Crippen LogP contribution in [0, 0.1) is 0 Å². The number of aromatic nitrogens is 3. The lowest BCUT2D eigenvalue weighted by Crippen LogP contribution is -2.27. The molecule has 4 aromatic rings. The van der Waals surface area contributed by atoms with Crippen molar-refractivity contribution in [1.29, 1.82) is 0 Å². The highest BCUT2D eigenvalue weighted by molar-refractivity contribution is 5.94. The van der Waals surface area contributed by atoms with Crippen LogP contribution < -0.4 is 4.74 Å². The molecular formula is C24H24N4O2. The molecule has 0 unspecified atom stereocenters. The van der Waals surface area contributed by atoms with Crippen molar-refractivity contribution in [2.24, 2.45) is 0 Å². The number of aryl methyl sites for hydroxylation is 1. The highest BCUT2D eigenvalue weighted by atomic mass is 16.5. The van der Waals surface area contributed by atoms with E-state index in [2.05, 4.69) is 22.5 Å². The molecule has 0 saturated carbocycles. The minimum Gasteiger partial charge on any atom is -0.489 e. The van der Waals surface area contributed by atoms with Gasteiger partial charge in [0.05, 0.1) is 17.6 Å². The number of nitrogens with zero attached hydrogens (tertiary/aromatic N) is 4. The van der Waals surface area contributed by atoms with E-state index in [0.29, 0.717) is 24.5 Å². The van der Waals surface area contributed by atoms with Crippen molar-refractivity contribution in [2.75, 3.05) is 7.05 Å². The smallest absolute Gasteiger partial charge is 0.254 e. The summed E-state index contributed by atoms with van der Waals surface area (Å²) in [5.41, 5.74) is 3.59. The fraction of sp³-hybridized carbons (Fsp3) is 0.208. The lowest BCUT2D eigenvalue weighted by Gasteiger charge is -2.18. The normalized spacial score (nSPS) is 10.9. The van der Waals surface area contributed by atoms with Crippen molar-refractivity contribution >= 4 is 16.9 Å². The predicted octanol–water partition coefficient (Wildman–Crippen LogP) is 4.30. The van der Waals surface area contributed by atoms with Crippen LogP contribution in [0.25, 0.3) is 11.0 Å². The van der Waals surface area contributed by atoms with Crippen LogP contribution in [0.1, 0.15) is 28.7 Å². The number of amides is 1. The molecular weight excluding hydrogens is 376 g/mol. The first kappa shape index (κ1) is 19.6. The summed E-state index contributed by atoms with van der Waals surface area (Å²) in [4.78, 5) is 23.5. The van der Waals surface area contributed by atoms with Gasteiger partial charge < -0.3 is 14.2 Å². The third-order valence-electron chi connectivity index (χ3n) is 4.98. The summed E-state index contributed by atoms with van der Waals surface area (Å²) in [5.74, 6) is 1.45. The second-order valence-corrected chi connectivity index (χ2v) is 7.10. The zero-order valence-corrected chi connectivity index (χ0v) is 17.2. The molecule has 0 spiro atoms. The summed E-state index contributed by atoms with van der Waals surface area (Å²) in [7, 11) is 1.80. The number of rotatable bonds is 7. The Labute approximate surface area is 175 Å². The van der Waals surface area contributed by atoms with Gasteiger partial charge in [0.15, 0.2) is 0 Å². The van der Waals surface area contributed by atoms with Gasteiger partial charge in [-0.25, -0.2) is 4.98 Å². The van der Waals surface area contributed by atoms with Crippen LogP contribution in [0.15, 0.2) is 73.1 Å². The molecule has 0 fully saturated rings. The number of imidazole rings is 1. The van der Waals surface area contributed by atoms with Gasteiger partial charge in [0, 0.05) is 37.1 Å². The number of carbonyl (C=O) groups is 1. The molecule has 0 N–H and O–H groups in total. The maximum Gasteiger partial charge on any atom is 0.254 e. The van der Waals surface area contributed by atoms with Gasteiger partial charge in [-0.1, -0.05) is 24.3 Å². The topological polar surface area (TPSA) is 60.2 Å². The van der Waals surface area contributed by atoms with Crippen molar-refractivity contribution in [2.45, 2.75) is 26.6 Å². The van der Waals surface area contributed by atoms with Crippen molar-refractivity contribution in [3.05, 3.63) is 90.0 Å². The van der Waals surface area contributed by atoms with E-state index in [1.807, 2.05) is 42.5 Å². The molecule has 0 radical (unpaired) electrons. The Hall–Kier alpha value is -3.67. The largest absolute Gasteiger partial charge is 0.489 e. The van der Waals surface area contributed by atoms with Crippen LogP contribution >= 0.6 is 0 Å². The highest BCUT2D eigenvalue weighted by Crippen LogP contribution is 2.19. The standard InChI is InChI=1S/C24H24N4O2/c1-3-28-22-12-5-4-11-21(22)26-23(28)16-27(2)24(29)19-9-6-10-20(14-19)30-17-18-8-7-13-25-15-18/h4-15H,3,16-17H2,1-2H3. The van der Waals surface area contributed by atoms with Gasteiger partial charge in [-0.2, -0.15) is 0 Å². The number of para-hydroxylation sites is 2. The van der Waals surface area contributed by atoms with Crippen LogP contribution in [0.4, 0.5) is 0 Å². The van der Waals surface area contributed by atoms with Crippen LogP contribution in [-0.4, -0.2) is 32.4 Å². The Morgan fingerprint density at radius 2 is 1.97 bits per heavy atom. The molecule has 6 heteroatoms. The first-order valence-corrected chi connectivity index (χ1v) is 9.97. The fourth-order valence-electron chi connectivity index (χ4n) is 3.47. The average Bonchev–Trinajstić information content (AvgIpc) is 3.15. The molecule has 0 bridgehead atoms. The predicted molar refractivity (Wildman–Crippen MR) is 116 cm³/mol. The van der Waals surface area contributed by atoms with Gasteiger partial charge in [0.1, 0.15) is 18.2 Å². The molecule has 30 heavy (non-hydrogen) atoms. The molecule has 0 atom stereocenters. The molecule has 0 aliphatic carbocycles. The zero-order chi connectivity index (χ0) is 20.9. The van der Waals surface area contributed by atoms with E-state index in [4.69, 9.17) is 9.72 Å². The monoisotopic (exact) mass is 400 g/mol. The Balaban J connectivity index is 1.48. The second-order valence-electron chi connectivity index (χ2n) is 7.10. The SMILES string of the molecule is CCn1c(CN(C)C(=O)c2cccc(OCc3cccnc3)c2)nc2ccccc21. The number of carbonyl (C=O) groups excluding carboxylic acids is 1. The van der Waals surface area contributed by atoms with E-state index < -0.39 is 0 Å². The summed E-state index contributed by atoms with van der Waals surface area (Å²) >= 11 is 0. The first-order valence-electron chi connectivity index (χ1n) is 9.97. The van der Waals surface area contributed by atoms with E-state index in [9.17, 15) is 4.79 Å². The lowest BCUT2D eigenvalue weighted by molar-refractivity contribution is 0.0780. The van der Waals surface area contributed by atoms with Crippen LogP contribution in [0.2, 0.25) is 0 Å². The molecule has 6 nitrogen and oxygen atoms in total. The zero-order valence-electron chi connectivity index (χ0n) is 17.2. The van der Waals surface area contributed by atoms with Gasteiger partial charge in [0.2, 0.25) is 0 Å². The maximum absolute atomic E-state index is 13.0. The van der Waals surface area contributed by atoms with Gasteiger partial charge >= 0.3 is 0 Å². The molecule has 2 aromatic carbocycles. The van der Waals surface area contributed by atoms with Crippen LogP contribution in [0.5, 0.6) is 5.75 Å². The number of hydrogen-bond donors (Lipinski definition) is 0. The van der Waals surface area contributed by atoms with Gasteiger partial charge in [-0.05, 0) is 43.3 Å². The quantitative estimate of drug-likeness (QED) is 0.464. The Morgan fingerprint density at radius 3 is 2.77 bits per heavy atom. The van der Waals surface area contributed by atoms with Crippen molar-refractivity contribution in [3.8, 4) is 5.75 Å². The van der Waals surface area contributed by atoms with Crippen LogP contribution in [-0.2, 0) is 19.7 Å². The Bertz CT molecular complexity index is 1150. The van der Waals surface area contributed by atoms with E-state index >= 15 is 0 Å². The third kappa shape index (κ3) is 4.17. The van der Waals surface area contributed by atoms with Crippen molar-refractivity contribution in [1.82, 2.24) is 19.4 Å². The molecule has 2 aromatic heterocycles. The molecule has 4 rings (SSSR count). The Kier molecular flexibility index (Phi) is 5.75. The number of fused-ring (bicyclic) bond motifs is 1. The molecule has 0 aliphatic rings. The highest BCUT2D eigenvalue weighted by Gasteiger charge is 2.17. The number of pyridine rings is 1. The third-order valence-corrected chi connectivity index (χ3v) is 4.98. The molecule has 0 saturated heterocycles. The maximum atomic E-state index is 13.0. The van der Waals surface area contributed by atoms with E-state index in [-0.39, 0.29) is 5.91 Å². The van der Waals surface area contributed by atoms with Crippen LogP contribution in [0.3, 0.4) is 0 Å². The number of benzene rings is 2. The van der Waals surface area contributed by atoms with Gasteiger partial charge in [0.25, 0.3) is 5.91 Å². The van der Waals surface area contributed by atoms with Crippen molar-refractivity contribution in [3.63, 3.8) is 0 Å². The van der Waals surface area contributed by atoms with Gasteiger partial charge in [-0.15, -0.1) is 0 Å². The molecule has 1 amide bonds. The molecule has 152 valence electrons. The second kappa shape index (κ2) is 8.78. The minimum absolute atomic E-state index is 0.0727. The summed E-state index contributed by atoms with van der Waals surface area (Å²) in [6.07, 6.45) is 3.49. The lowest BCUT2D eigenvalue weighted by atomic mass is 10.2. The first-order chi connectivity index (χ1) is 14.7. The minimum atomic E-state index is -0.0727. The number of hydrogen-bond acceptors (Lipinski definition) is 4.